The Bertz CT molecular complexity index is 1130. The predicted molar refractivity (Wildman–Crippen MR) is 132 cm³/mol. The number of alkyl carbamates (subject to hydrolysis) is 1. The molecule has 7 heteroatoms. The van der Waals surface area contributed by atoms with Crippen molar-refractivity contribution >= 4 is 18.0 Å². The Balaban J connectivity index is 1.38. The Hall–Kier alpha value is -3.79. The number of rotatable bonds is 8. The smallest absolute Gasteiger partial charge is 0.407 e. The maximum absolute atomic E-state index is 13.1. The van der Waals surface area contributed by atoms with Gasteiger partial charge in [0.15, 0.2) is 0 Å². The molecule has 0 aromatic heterocycles. The quantitative estimate of drug-likeness (QED) is 0.501. The molecule has 0 radical (unpaired) electrons. The fourth-order valence-corrected chi connectivity index (χ4v) is 5.14. The Kier molecular flexibility index (Phi) is 7.40. The molecule has 4 rings (SSSR count). The third kappa shape index (κ3) is 5.17. The molecular formula is C28H30N2O5. The second-order valence-corrected chi connectivity index (χ2v) is 9.16. The number of carbonyl (C=O) groups excluding carboxylic acids is 2. The summed E-state index contributed by atoms with van der Waals surface area (Å²) in [7, 11) is 0. The second-order valence-electron chi connectivity index (χ2n) is 9.16. The van der Waals surface area contributed by atoms with E-state index in [0.29, 0.717) is 12.8 Å². The molecule has 2 aromatic carbocycles. The topological polar surface area (TPSA) is 105 Å². The number of fused-ring (bicyclic) bond motifs is 3. The Morgan fingerprint density at radius 3 is 2.23 bits per heavy atom. The number of benzene rings is 2. The molecule has 0 aliphatic heterocycles. The lowest BCUT2D eigenvalue weighted by molar-refractivity contribution is -0.143. The van der Waals surface area contributed by atoms with Gasteiger partial charge >= 0.3 is 12.1 Å². The van der Waals surface area contributed by atoms with Crippen molar-refractivity contribution < 1.29 is 24.2 Å². The number of aliphatic carboxylic acids is 1. The molecular weight excluding hydrogens is 444 g/mol. The molecule has 0 heterocycles. The summed E-state index contributed by atoms with van der Waals surface area (Å²) in [6.07, 6.45) is 2.28. The average molecular weight is 475 g/mol. The highest BCUT2D eigenvalue weighted by atomic mass is 16.5. The molecule has 7 nitrogen and oxygen atoms in total. The van der Waals surface area contributed by atoms with Crippen LogP contribution >= 0.6 is 0 Å². The first-order valence-corrected chi connectivity index (χ1v) is 12.0. The molecule has 2 aliphatic rings. The van der Waals surface area contributed by atoms with E-state index >= 15 is 0 Å². The van der Waals surface area contributed by atoms with Crippen LogP contribution < -0.4 is 10.6 Å². The highest BCUT2D eigenvalue weighted by Crippen LogP contribution is 2.44. The number of amides is 2. The third-order valence-electron chi connectivity index (χ3n) is 7.04. The van der Waals surface area contributed by atoms with Crippen molar-refractivity contribution in [3.63, 3.8) is 0 Å². The molecule has 0 bridgehead atoms. The standard InChI is InChI=1S/C28H30N2O5/c1-2-3-14-24(25(31)32)30-26(33)28(15-8-9-16-28)18-29-27(34)35-17-23-21-12-6-4-10-19(21)20-11-5-7-13-22(20)23/h4-7,10-13,23-24H,8-9,14-18H2,1H3,(H,29,34)(H,30,33)(H,31,32). The van der Waals surface area contributed by atoms with Crippen LogP contribution in [0.15, 0.2) is 48.5 Å². The minimum absolute atomic E-state index is 0.0352. The van der Waals surface area contributed by atoms with Crippen molar-refractivity contribution in [2.75, 3.05) is 13.2 Å². The van der Waals surface area contributed by atoms with Gasteiger partial charge in [0.1, 0.15) is 12.6 Å². The van der Waals surface area contributed by atoms with Gasteiger partial charge in [-0.1, -0.05) is 61.4 Å². The summed E-state index contributed by atoms with van der Waals surface area (Å²) in [5, 5.41) is 14.8. The van der Waals surface area contributed by atoms with E-state index in [9.17, 15) is 19.5 Å². The van der Waals surface area contributed by atoms with Gasteiger partial charge in [0.25, 0.3) is 0 Å². The predicted octanol–water partition coefficient (Wildman–Crippen LogP) is 4.07. The van der Waals surface area contributed by atoms with Crippen LogP contribution in [-0.2, 0) is 14.3 Å². The number of nitrogens with one attached hydrogen (secondary N) is 2. The van der Waals surface area contributed by atoms with Crippen LogP contribution in [0.5, 0.6) is 0 Å². The van der Waals surface area contributed by atoms with Crippen molar-refractivity contribution in [1.82, 2.24) is 10.6 Å². The molecule has 35 heavy (non-hydrogen) atoms. The molecule has 1 unspecified atom stereocenters. The minimum atomic E-state index is -1.13. The van der Waals surface area contributed by atoms with Gasteiger partial charge in [0.2, 0.25) is 5.91 Å². The van der Waals surface area contributed by atoms with E-state index in [4.69, 9.17) is 4.74 Å². The molecule has 1 fully saturated rings. The van der Waals surface area contributed by atoms with Crippen LogP contribution in [0.25, 0.3) is 11.1 Å². The van der Waals surface area contributed by atoms with Crippen LogP contribution in [0, 0.1) is 17.3 Å². The number of carbonyl (C=O) groups is 3. The van der Waals surface area contributed by atoms with Crippen molar-refractivity contribution in [3.05, 3.63) is 59.7 Å². The lowest BCUT2D eigenvalue weighted by atomic mass is 9.84. The monoisotopic (exact) mass is 474 g/mol. The summed E-state index contributed by atoms with van der Waals surface area (Å²) in [5.74, 6) is 3.83. The van der Waals surface area contributed by atoms with E-state index < -0.39 is 23.5 Å². The van der Waals surface area contributed by atoms with E-state index in [2.05, 4.69) is 46.7 Å². The van der Waals surface area contributed by atoms with Crippen molar-refractivity contribution in [2.45, 2.75) is 51.0 Å². The fourth-order valence-electron chi connectivity index (χ4n) is 5.14. The van der Waals surface area contributed by atoms with Gasteiger partial charge in [-0.3, -0.25) is 4.79 Å². The summed E-state index contributed by atoms with van der Waals surface area (Å²) in [4.78, 5) is 37.3. The highest BCUT2D eigenvalue weighted by Gasteiger charge is 2.43. The van der Waals surface area contributed by atoms with E-state index in [-0.39, 0.29) is 31.4 Å². The number of carboxylic acids is 1. The summed E-state index contributed by atoms with van der Waals surface area (Å²) in [6.45, 7) is 1.91. The molecule has 0 spiro atoms. The van der Waals surface area contributed by atoms with Gasteiger partial charge in [-0.2, -0.15) is 0 Å². The molecule has 182 valence electrons. The van der Waals surface area contributed by atoms with Crippen molar-refractivity contribution in [1.29, 1.82) is 0 Å². The molecule has 1 saturated carbocycles. The minimum Gasteiger partial charge on any atom is -0.480 e. The lowest BCUT2D eigenvalue weighted by Crippen LogP contribution is -2.51. The molecule has 2 aliphatic carbocycles. The zero-order valence-corrected chi connectivity index (χ0v) is 19.8. The highest BCUT2D eigenvalue weighted by molar-refractivity contribution is 5.88. The molecule has 2 aromatic rings. The first-order valence-electron chi connectivity index (χ1n) is 12.0. The summed E-state index contributed by atoms with van der Waals surface area (Å²) >= 11 is 0. The third-order valence-corrected chi connectivity index (χ3v) is 7.04. The Labute approximate surface area is 205 Å². The first kappa shape index (κ1) is 24.3. The number of ether oxygens (including phenoxy) is 1. The molecule has 2 amide bonds. The Morgan fingerprint density at radius 1 is 1.06 bits per heavy atom. The van der Waals surface area contributed by atoms with E-state index in [1.54, 1.807) is 6.92 Å². The van der Waals surface area contributed by atoms with E-state index in [0.717, 1.165) is 35.1 Å². The molecule has 3 N–H and O–H groups in total. The van der Waals surface area contributed by atoms with E-state index in [1.165, 1.54) is 0 Å². The summed E-state index contributed by atoms with van der Waals surface area (Å²) in [6, 6.07) is 15.2. The van der Waals surface area contributed by atoms with Gasteiger partial charge in [0, 0.05) is 18.9 Å². The fraction of sp³-hybridized carbons (Fsp3) is 0.393. The zero-order chi connectivity index (χ0) is 24.8. The molecule has 0 saturated heterocycles. The van der Waals surface area contributed by atoms with Crippen LogP contribution in [0.1, 0.15) is 56.1 Å². The Morgan fingerprint density at radius 2 is 1.66 bits per heavy atom. The number of carboxylic acid groups (broad SMARTS) is 1. The van der Waals surface area contributed by atoms with Crippen molar-refractivity contribution in [3.8, 4) is 23.0 Å². The van der Waals surface area contributed by atoms with Crippen LogP contribution in [-0.4, -0.2) is 42.3 Å². The number of hydrogen-bond donors (Lipinski definition) is 3. The van der Waals surface area contributed by atoms with Crippen molar-refractivity contribution in [2.24, 2.45) is 5.41 Å². The normalized spacial score (nSPS) is 16.3. The van der Waals surface area contributed by atoms with Gasteiger partial charge in [-0.05, 0) is 42.0 Å². The van der Waals surface area contributed by atoms with Gasteiger partial charge in [-0.15, -0.1) is 11.8 Å². The summed E-state index contributed by atoms with van der Waals surface area (Å²) < 4.78 is 5.60. The maximum atomic E-state index is 13.1. The summed E-state index contributed by atoms with van der Waals surface area (Å²) in [5.41, 5.74) is 3.71. The van der Waals surface area contributed by atoms with Gasteiger partial charge in [-0.25, -0.2) is 9.59 Å². The van der Waals surface area contributed by atoms with Crippen LogP contribution in [0.2, 0.25) is 0 Å². The average Bonchev–Trinajstić information content (AvgIpc) is 3.47. The largest absolute Gasteiger partial charge is 0.480 e. The van der Waals surface area contributed by atoms with E-state index in [1.807, 2.05) is 24.3 Å². The maximum Gasteiger partial charge on any atom is 0.407 e. The van der Waals surface area contributed by atoms with Gasteiger partial charge < -0.3 is 20.5 Å². The molecule has 1 atom stereocenters. The van der Waals surface area contributed by atoms with Gasteiger partial charge in [0.05, 0.1) is 5.41 Å². The zero-order valence-electron chi connectivity index (χ0n) is 19.8. The number of hydrogen-bond acceptors (Lipinski definition) is 4. The first-order chi connectivity index (χ1) is 16.9. The SMILES string of the molecule is CC#CCC(NC(=O)C1(CNC(=O)OCC2c3ccccc3-c3ccccc32)CCCC1)C(=O)O. The van der Waals surface area contributed by atoms with Crippen LogP contribution in [0.3, 0.4) is 0 Å². The lowest BCUT2D eigenvalue weighted by Gasteiger charge is -2.29. The second kappa shape index (κ2) is 10.6. The van der Waals surface area contributed by atoms with Crippen LogP contribution in [0.4, 0.5) is 4.79 Å².